The Bertz CT molecular complexity index is 392. The highest BCUT2D eigenvalue weighted by molar-refractivity contribution is 5.78. The van der Waals surface area contributed by atoms with Gasteiger partial charge in [-0.25, -0.2) is 0 Å². The van der Waals surface area contributed by atoms with E-state index in [1.165, 1.54) is 12.8 Å². The molecule has 22 heavy (non-hydrogen) atoms. The minimum Gasteiger partial charge on any atom is -0.388 e. The molecule has 0 spiro atoms. The van der Waals surface area contributed by atoms with Gasteiger partial charge < -0.3 is 15.7 Å². The lowest BCUT2D eigenvalue weighted by molar-refractivity contribution is -0.199. The first kappa shape index (κ1) is 17.4. The molecule has 1 saturated heterocycles. The Labute approximate surface area is 129 Å². The molecule has 0 aromatic carbocycles. The third-order valence-corrected chi connectivity index (χ3v) is 4.75. The zero-order chi connectivity index (χ0) is 16.2. The second-order valence-electron chi connectivity index (χ2n) is 6.63. The van der Waals surface area contributed by atoms with E-state index in [0.717, 1.165) is 25.9 Å². The van der Waals surface area contributed by atoms with Gasteiger partial charge in [-0.3, -0.25) is 4.99 Å². The Hall–Kier alpha value is -0.980. The van der Waals surface area contributed by atoms with E-state index in [1.54, 1.807) is 0 Å². The Morgan fingerprint density at radius 1 is 1.18 bits per heavy atom. The molecular weight excluding hydrogens is 295 g/mol. The molecule has 2 rings (SSSR count). The van der Waals surface area contributed by atoms with Crippen LogP contribution in [-0.4, -0.2) is 47.4 Å². The molecule has 0 bridgehead atoms. The quantitative estimate of drug-likeness (QED) is 0.607. The van der Waals surface area contributed by atoms with Gasteiger partial charge in [-0.05, 0) is 38.5 Å². The van der Waals surface area contributed by atoms with Crippen LogP contribution in [0.2, 0.25) is 0 Å². The number of nitrogens with zero attached hydrogens (tertiary/aromatic N) is 2. The second kappa shape index (κ2) is 7.06. The number of rotatable bonds is 2. The number of hydrogen-bond donors (Lipinski definition) is 2. The molecule has 1 aliphatic carbocycles. The van der Waals surface area contributed by atoms with E-state index in [9.17, 15) is 18.3 Å². The van der Waals surface area contributed by atoms with Crippen molar-refractivity contribution >= 4 is 5.96 Å². The van der Waals surface area contributed by atoms with Crippen molar-refractivity contribution in [1.82, 2.24) is 4.90 Å². The molecule has 128 valence electrons. The van der Waals surface area contributed by atoms with Crippen LogP contribution in [0.15, 0.2) is 4.99 Å². The summed E-state index contributed by atoms with van der Waals surface area (Å²) in [6, 6.07) is 0. The predicted octanol–water partition coefficient (Wildman–Crippen LogP) is 2.66. The molecule has 2 fully saturated rings. The Morgan fingerprint density at radius 3 is 2.41 bits per heavy atom. The SMILES string of the molecule is NC(=NCC1(O)CCCC(C(F)(F)F)C1)N1CCCCCC1. The van der Waals surface area contributed by atoms with Crippen LogP contribution >= 0.6 is 0 Å². The largest absolute Gasteiger partial charge is 0.391 e. The molecule has 2 aliphatic rings. The molecule has 2 unspecified atom stereocenters. The Balaban J connectivity index is 1.94. The van der Waals surface area contributed by atoms with E-state index >= 15 is 0 Å². The number of likely N-dealkylation sites (tertiary alicyclic amines) is 1. The molecule has 2 atom stereocenters. The average molecular weight is 321 g/mol. The highest BCUT2D eigenvalue weighted by atomic mass is 19.4. The van der Waals surface area contributed by atoms with E-state index in [4.69, 9.17) is 5.73 Å². The summed E-state index contributed by atoms with van der Waals surface area (Å²) in [5, 5.41) is 10.4. The normalized spacial score (nSPS) is 31.9. The van der Waals surface area contributed by atoms with Crippen molar-refractivity contribution in [2.45, 2.75) is 63.1 Å². The molecule has 3 N–H and O–H groups in total. The maximum Gasteiger partial charge on any atom is 0.391 e. The number of halogens is 3. The van der Waals surface area contributed by atoms with Gasteiger partial charge in [0.25, 0.3) is 0 Å². The summed E-state index contributed by atoms with van der Waals surface area (Å²) in [6.45, 7) is 1.62. The molecule has 0 aromatic rings. The van der Waals surface area contributed by atoms with Crippen molar-refractivity contribution in [2.24, 2.45) is 16.6 Å². The van der Waals surface area contributed by atoms with E-state index in [0.29, 0.717) is 18.8 Å². The molecule has 4 nitrogen and oxygen atoms in total. The molecular formula is C15H26F3N3O. The fourth-order valence-electron chi connectivity index (χ4n) is 3.39. The van der Waals surface area contributed by atoms with Crippen molar-refractivity contribution in [3.8, 4) is 0 Å². The summed E-state index contributed by atoms with van der Waals surface area (Å²) in [6.07, 6.45) is 0.754. The van der Waals surface area contributed by atoms with E-state index in [2.05, 4.69) is 4.99 Å². The van der Waals surface area contributed by atoms with Crippen LogP contribution in [0.1, 0.15) is 51.4 Å². The first-order chi connectivity index (χ1) is 10.3. The first-order valence-electron chi connectivity index (χ1n) is 8.14. The fourth-order valence-corrected chi connectivity index (χ4v) is 3.39. The van der Waals surface area contributed by atoms with Gasteiger partial charge >= 0.3 is 6.18 Å². The third-order valence-electron chi connectivity index (χ3n) is 4.75. The van der Waals surface area contributed by atoms with E-state index in [1.807, 2.05) is 4.90 Å². The maximum absolute atomic E-state index is 12.8. The summed E-state index contributed by atoms with van der Waals surface area (Å²) in [4.78, 5) is 6.18. The van der Waals surface area contributed by atoms with E-state index < -0.39 is 17.7 Å². The minimum atomic E-state index is -4.24. The lowest BCUT2D eigenvalue weighted by Gasteiger charge is -2.36. The van der Waals surface area contributed by atoms with Crippen LogP contribution in [0, 0.1) is 5.92 Å². The van der Waals surface area contributed by atoms with Gasteiger partial charge in [0.15, 0.2) is 5.96 Å². The smallest absolute Gasteiger partial charge is 0.388 e. The molecule has 1 saturated carbocycles. The number of guanidine groups is 1. The predicted molar refractivity (Wildman–Crippen MR) is 79.5 cm³/mol. The van der Waals surface area contributed by atoms with Crippen LogP contribution in [-0.2, 0) is 0 Å². The lowest BCUT2D eigenvalue weighted by atomic mass is 9.78. The summed E-state index contributed by atoms with van der Waals surface area (Å²) in [5.41, 5.74) is 4.58. The van der Waals surface area contributed by atoms with Crippen molar-refractivity contribution in [2.75, 3.05) is 19.6 Å². The van der Waals surface area contributed by atoms with Crippen molar-refractivity contribution in [3.63, 3.8) is 0 Å². The summed E-state index contributed by atoms with van der Waals surface area (Å²) in [7, 11) is 0. The van der Waals surface area contributed by atoms with Crippen molar-refractivity contribution in [1.29, 1.82) is 0 Å². The van der Waals surface area contributed by atoms with Crippen LogP contribution < -0.4 is 5.73 Å². The van der Waals surface area contributed by atoms with Gasteiger partial charge in [0.1, 0.15) is 0 Å². The standard InChI is InChI=1S/C15H26F3N3O/c16-15(17,18)12-6-5-7-14(22,10-12)11-20-13(19)21-8-3-1-2-4-9-21/h12,22H,1-11H2,(H2,19,20). The van der Waals surface area contributed by atoms with Gasteiger partial charge in [0.2, 0.25) is 0 Å². The molecule has 7 heteroatoms. The summed E-state index contributed by atoms with van der Waals surface area (Å²) in [5.74, 6) is -1.08. The van der Waals surface area contributed by atoms with Crippen molar-refractivity contribution < 1.29 is 18.3 Å². The topological polar surface area (TPSA) is 61.9 Å². The number of aliphatic imine (C=N–C) groups is 1. The molecule has 0 amide bonds. The molecule has 0 radical (unpaired) electrons. The van der Waals surface area contributed by atoms with Gasteiger partial charge in [-0.15, -0.1) is 0 Å². The maximum atomic E-state index is 12.8. The fraction of sp³-hybridized carbons (Fsp3) is 0.933. The second-order valence-corrected chi connectivity index (χ2v) is 6.63. The minimum absolute atomic E-state index is 0.0398. The van der Waals surface area contributed by atoms with Crippen molar-refractivity contribution in [3.05, 3.63) is 0 Å². The van der Waals surface area contributed by atoms with Crippen LogP contribution in [0.3, 0.4) is 0 Å². The average Bonchev–Trinajstić information content (AvgIpc) is 2.73. The van der Waals surface area contributed by atoms with Crippen LogP contribution in [0.25, 0.3) is 0 Å². The van der Waals surface area contributed by atoms with Crippen LogP contribution in [0.5, 0.6) is 0 Å². The number of hydrogen-bond acceptors (Lipinski definition) is 2. The van der Waals surface area contributed by atoms with E-state index in [-0.39, 0.29) is 19.4 Å². The summed E-state index contributed by atoms with van der Waals surface area (Å²) >= 11 is 0. The monoisotopic (exact) mass is 321 g/mol. The summed E-state index contributed by atoms with van der Waals surface area (Å²) < 4.78 is 38.5. The first-order valence-corrected chi connectivity index (χ1v) is 8.14. The van der Waals surface area contributed by atoms with Gasteiger partial charge in [-0.2, -0.15) is 13.2 Å². The highest BCUT2D eigenvalue weighted by Gasteiger charge is 2.46. The Kier molecular flexibility index (Phi) is 5.58. The zero-order valence-corrected chi connectivity index (χ0v) is 12.9. The van der Waals surface area contributed by atoms with Gasteiger partial charge in [0, 0.05) is 13.1 Å². The number of alkyl halides is 3. The third kappa shape index (κ3) is 4.76. The molecule has 1 aliphatic heterocycles. The van der Waals surface area contributed by atoms with Crippen LogP contribution in [0.4, 0.5) is 13.2 Å². The zero-order valence-electron chi connectivity index (χ0n) is 12.9. The molecule has 1 heterocycles. The van der Waals surface area contributed by atoms with Gasteiger partial charge in [-0.1, -0.05) is 12.8 Å². The number of nitrogens with two attached hydrogens (primary N) is 1. The Morgan fingerprint density at radius 2 is 1.82 bits per heavy atom. The number of aliphatic hydroxyl groups is 1. The molecule has 0 aromatic heterocycles. The van der Waals surface area contributed by atoms with Gasteiger partial charge in [0.05, 0.1) is 18.1 Å². The highest BCUT2D eigenvalue weighted by Crippen LogP contribution is 2.41. The lowest BCUT2D eigenvalue weighted by Crippen LogP contribution is -2.44.